The van der Waals surface area contributed by atoms with Crippen molar-refractivity contribution in [1.29, 1.82) is 5.26 Å². The van der Waals surface area contributed by atoms with Crippen LogP contribution in [0.25, 0.3) is 6.08 Å². The lowest BCUT2D eigenvalue weighted by molar-refractivity contribution is -0.149. The molecule has 0 heterocycles. The van der Waals surface area contributed by atoms with Gasteiger partial charge in [0.2, 0.25) is 0 Å². The lowest BCUT2D eigenvalue weighted by Gasteiger charge is -2.24. The van der Waals surface area contributed by atoms with Crippen molar-refractivity contribution >= 4 is 23.6 Å². The molecule has 6 nitrogen and oxygen atoms in total. The van der Waals surface area contributed by atoms with E-state index in [9.17, 15) is 9.59 Å². The maximum Gasteiger partial charge on any atom is 0.331 e. The van der Waals surface area contributed by atoms with Crippen LogP contribution in [0.3, 0.4) is 0 Å². The first kappa shape index (κ1) is 21.7. The molecule has 0 saturated carbocycles. The maximum absolute atomic E-state index is 12.8. The second-order valence-electron chi connectivity index (χ2n) is 6.12. The van der Waals surface area contributed by atoms with Gasteiger partial charge in [0.15, 0.2) is 6.10 Å². The fraction of sp³-hybridized carbons (Fsp3) is 0.261. The number of rotatable bonds is 9. The average Bonchev–Trinajstić information content (AvgIpc) is 2.74. The standard InChI is InChI=1S/C23H24N2O4/c1-3-28-21-13-8-7-10-19(21)14-15-22(26)29-18(2)23(27)25(17-9-16-24)20-11-5-4-6-12-20/h4-8,10-15,18H,3,9,17H2,1-2H3/b15-14+. The Kier molecular flexibility index (Phi) is 8.46. The van der Waals surface area contributed by atoms with E-state index in [1.807, 2.05) is 43.3 Å². The van der Waals surface area contributed by atoms with E-state index in [4.69, 9.17) is 14.7 Å². The molecule has 1 amide bonds. The molecule has 0 aliphatic carbocycles. The van der Waals surface area contributed by atoms with E-state index in [0.29, 0.717) is 18.0 Å². The number of hydrogen-bond acceptors (Lipinski definition) is 5. The van der Waals surface area contributed by atoms with Crippen molar-refractivity contribution in [2.75, 3.05) is 18.1 Å². The minimum atomic E-state index is -0.992. The quantitative estimate of drug-likeness (QED) is 0.476. The number of hydrogen-bond donors (Lipinski definition) is 0. The minimum Gasteiger partial charge on any atom is -0.493 e. The molecule has 150 valence electrons. The summed E-state index contributed by atoms with van der Waals surface area (Å²) in [7, 11) is 0. The summed E-state index contributed by atoms with van der Waals surface area (Å²) < 4.78 is 10.8. The van der Waals surface area contributed by atoms with Gasteiger partial charge in [-0.1, -0.05) is 36.4 Å². The summed E-state index contributed by atoms with van der Waals surface area (Å²) >= 11 is 0. The number of carbonyl (C=O) groups excluding carboxylic acids is 2. The third kappa shape index (κ3) is 6.51. The van der Waals surface area contributed by atoms with Crippen molar-refractivity contribution in [3.8, 4) is 11.8 Å². The molecule has 0 fully saturated rings. The average molecular weight is 392 g/mol. The minimum absolute atomic E-state index is 0.176. The molecule has 0 aliphatic heterocycles. The number of para-hydroxylation sites is 2. The highest BCUT2D eigenvalue weighted by atomic mass is 16.5. The van der Waals surface area contributed by atoms with Crippen LogP contribution in [0.15, 0.2) is 60.7 Å². The van der Waals surface area contributed by atoms with Gasteiger partial charge in [-0.05, 0) is 38.1 Å². The molecule has 1 atom stereocenters. The zero-order valence-electron chi connectivity index (χ0n) is 16.6. The van der Waals surface area contributed by atoms with Gasteiger partial charge in [0, 0.05) is 23.9 Å². The Balaban J connectivity index is 2.05. The van der Waals surface area contributed by atoms with Crippen LogP contribution in [-0.2, 0) is 14.3 Å². The number of esters is 1. The van der Waals surface area contributed by atoms with E-state index in [0.717, 1.165) is 5.56 Å². The maximum atomic E-state index is 12.8. The third-order valence-electron chi connectivity index (χ3n) is 4.04. The van der Waals surface area contributed by atoms with Crippen LogP contribution < -0.4 is 9.64 Å². The summed E-state index contributed by atoms with van der Waals surface area (Å²) in [6.45, 7) is 4.13. The molecule has 0 saturated heterocycles. The van der Waals surface area contributed by atoms with Gasteiger partial charge in [-0.2, -0.15) is 5.26 Å². The number of anilines is 1. The highest BCUT2D eigenvalue weighted by molar-refractivity contribution is 5.98. The molecule has 0 spiro atoms. The Morgan fingerprint density at radius 2 is 1.83 bits per heavy atom. The Morgan fingerprint density at radius 1 is 1.14 bits per heavy atom. The Labute approximate surface area is 171 Å². The van der Waals surface area contributed by atoms with Gasteiger partial charge in [0.25, 0.3) is 5.91 Å². The second-order valence-corrected chi connectivity index (χ2v) is 6.12. The van der Waals surface area contributed by atoms with Gasteiger partial charge in [-0.25, -0.2) is 4.79 Å². The second kappa shape index (κ2) is 11.3. The molecule has 2 aromatic rings. The molecule has 0 N–H and O–H groups in total. The van der Waals surface area contributed by atoms with Crippen molar-refractivity contribution in [3.05, 3.63) is 66.2 Å². The summed E-state index contributed by atoms with van der Waals surface area (Å²) in [5, 5.41) is 8.87. The molecule has 1 unspecified atom stereocenters. The SMILES string of the molecule is CCOc1ccccc1/C=C/C(=O)OC(C)C(=O)N(CCC#N)c1ccccc1. The van der Waals surface area contributed by atoms with Crippen molar-refractivity contribution in [2.45, 2.75) is 26.4 Å². The molecule has 0 aromatic heterocycles. The fourth-order valence-electron chi connectivity index (χ4n) is 2.68. The van der Waals surface area contributed by atoms with Crippen LogP contribution in [0.2, 0.25) is 0 Å². The number of nitrogens with zero attached hydrogens (tertiary/aromatic N) is 2. The predicted octanol–water partition coefficient (Wildman–Crippen LogP) is 3.98. The number of carbonyl (C=O) groups is 2. The van der Waals surface area contributed by atoms with E-state index < -0.39 is 12.1 Å². The molecule has 2 aromatic carbocycles. The lowest BCUT2D eigenvalue weighted by Crippen LogP contribution is -2.40. The van der Waals surface area contributed by atoms with E-state index in [-0.39, 0.29) is 18.9 Å². The number of benzene rings is 2. The van der Waals surface area contributed by atoms with Crippen LogP contribution in [0, 0.1) is 11.3 Å². The molecule has 0 aliphatic rings. The fourth-order valence-corrected chi connectivity index (χ4v) is 2.68. The summed E-state index contributed by atoms with van der Waals surface area (Å²) in [5.41, 5.74) is 1.39. The molecule has 0 radical (unpaired) electrons. The van der Waals surface area contributed by atoms with Gasteiger partial charge in [-0.3, -0.25) is 4.79 Å². The molecule has 2 rings (SSSR count). The van der Waals surface area contributed by atoms with Crippen molar-refractivity contribution in [2.24, 2.45) is 0 Å². The van der Waals surface area contributed by atoms with Crippen molar-refractivity contribution in [1.82, 2.24) is 0 Å². The summed E-state index contributed by atoms with van der Waals surface area (Å²) in [6.07, 6.45) is 2.04. The Bertz CT molecular complexity index is 887. The van der Waals surface area contributed by atoms with Crippen molar-refractivity contribution in [3.63, 3.8) is 0 Å². The highest BCUT2D eigenvalue weighted by Gasteiger charge is 2.24. The predicted molar refractivity (Wildman–Crippen MR) is 111 cm³/mol. The van der Waals surface area contributed by atoms with Crippen LogP contribution >= 0.6 is 0 Å². The first-order valence-corrected chi connectivity index (χ1v) is 9.40. The van der Waals surface area contributed by atoms with Gasteiger partial charge >= 0.3 is 5.97 Å². The van der Waals surface area contributed by atoms with Crippen LogP contribution in [0.1, 0.15) is 25.8 Å². The van der Waals surface area contributed by atoms with Gasteiger partial charge in [-0.15, -0.1) is 0 Å². The summed E-state index contributed by atoms with van der Waals surface area (Å²) in [6, 6.07) is 18.3. The van der Waals surface area contributed by atoms with E-state index in [1.165, 1.54) is 17.9 Å². The zero-order valence-corrected chi connectivity index (χ0v) is 16.6. The van der Waals surface area contributed by atoms with Gasteiger partial charge in [0.1, 0.15) is 5.75 Å². The Hall–Kier alpha value is -3.59. The number of amides is 1. The third-order valence-corrected chi connectivity index (χ3v) is 4.04. The van der Waals surface area contributed by atoms with E-state index in [2.05, 4.69) is 0 Å². The Morgan fingerprint density at radius 3 is 2.52 bits per heavy atom. The number of nitriles is 1. The summed E-state index contributed by atoms with van der Waals surface area (Å²) in [4.78, 5) is 26.4. The van der Waals surface area contributed by atoms with E-state index in [1.54, 1.807) is 30.3 Å². The molecule has 29 heavy (non-hydrogen) atoms. The topological polar surface area (TPSA) is 79.6 Å². The van der Waals surface area contributed by atoms with Crippen molar-refractivity contribution < 1.29 is 19.1 Å². The zero-order chi connectivity index (χ0) is 21.1. The smallest absolute Gasteiger partial charge is 0.331 e. The molecule has 6 heteroatoms. The highest BCUT2D eigenvalue weighted by Crippen LogP contribution is 2.20. The molecule has 0 bridgehead atoms. The van der Waals surface area contributed by atoms with Crippen LogP contribution in [0.5, 0.6) is 5.75 Å². The first-order valence-electron chi connectivity index (χ1n) is 9.40. The lowest BCUT2D eigenvalue weighted by atomic mass is 10.2. The normalized spacial score (nSPS) is 11.5. The first-order chi connectivity index (χ1) is 14.1. The van der Waals surface area contributed by atoms with Gasteiger partial charge in [0.05, 0.1) is 19.1 Å². The number of ether oxygens (including phenoxy) is 2. The monoisotopic (exact) mass is 392 g/mol. The van der Waals surface area contributed by atoms with E-state index >= 15 is 0 Å². The molecular formula is C23H24N2O4. The largest absolute Gasteiger partial charge is 0.493 e. The van der Waals surface area contributed by atoms with Crippen LogP contribution in [-0.4, -0.2) is 31.1 Å². The van der Waals surface area contributed by atoms with Gasteiger partial charge < -0.3 is 14.4 Å². The summed E-state index contributed by atoms with van der Waals surface area (Å²) in [5.74, 6) is -0.358. The van der Waals surface area contributed by atoms with Crippen LogP contribution in [0.4, 0.5) is 5.69 Å². The molecular weight excluding hydrogens is 368 g/mol.